The van der Waals surface area contributed by atoms with Crippen molar-refractivity contribution >= 4 is 20.6 Å². The monoisotopic (exact) mass is 283 g/mol. The summed E-state index contributed by atoms with van der Waals surface area (Å²) < 4.78 is 23.0. The van der Waals surface area contributed by atoms with Crippen LogP contribution in [0.3, 0.4) is 0 Å². The van der Waals surface area contributed by atoms with E-state index in [1.165, 1.54) is 6.26 Å². The number of hydrogen-bond donors (Lipinski definition) is 0. The lowest BCUT2D eigenvalue weighted by molar-refractivity contribution is 0.602. The highest BCUT2D eigenvalue weighted by molar-refractivity contribution is 7.90. The van der Waals surface area contributed by atoms with Crippen molar-refractivity contribution < 1.29 is 8.42 Å². The van der Waals surface area contributed by atoms with E-state index in [0.29, 0.717) is 4.90 Å². The van der Waals surface area contributed by atoms with E-state index in [2.05, 4.69) is 4.98 Å². The molecule has 3 nitrogen and oxygen atoms in total. The van der Waals surface area contributed by atoms with E-state index in [1.807, 2.05) is 42.6 Å². The van der Waals surface area contributed by atoms with E-state index < -0.39 is 9.84 Å². The van der Waals surface area contributed by atoms with Gasteiger partial charge in [0.1, 0.15) is 0 Å². The van der Waals surface area contributed by atoms with Crippen LogP contribution in [-0.2, 0) is 9.84 Å². The second-order valence-electron chi connectivity index (χ2n) is 4.70. The summed E-state index contributed by atoms with van der Waals surface area (Å²) >= 11 is 0. The fraction of sp³-hybridized carbons (Fsp3) is 0.0625. The Balaban J connectivity index is 2.17. The van der Waals surface area contributed by atoms with Gasteiger partial charge in [-0.2, -0.15) is 0 Å². The van der Waals surface area contributed by atoms with Gasteiger partial charge in [-0.3, -0.25) is 4.98 Å². The predicted molar refractivity (Wildman–Crippen MR) is 80.3 cm³/mol. The van der Waals surface area contributed by atoms with Crippen molar-refractivity contribution in [3.05, 3.63) is 60.9 Å². The molecule has 3 aromatic rings. The van der Waals surface area contributed by atoms with E-state index in [1.54, 1.807) is 18.3 Å². The molecule has 0 radical (unpaired) electrons. The minimum Gasteiger partial charge on any atom is -0.263 e. The number of benzene rings is 2. The first-order chi connectivity index (χ1) is 9.55. The highest BCUT2D eigenvalue weighted by Gasteiger charge is 2.08. The molecule has 4 heteroatoms. The SMILES string of the molecule is CS(=O)(=O)c1ccc(-c2cncc3ccccc23)cc1. The van der Waals surface area contributed by atoms with E-state index in [9.17, 15) is 8.42 Å². The number of nitrogens with zero attached hydrogens (tertiary/aromatic N) is 1. The lowest BCUT2D eigenvalue weighted by Gasteiger charge is -2.07. The Morgan fingerprint density at radius 3 is 2.30 bits per heavy atom. The lowest BCUT2D eigenvalue weighted by Crippen LogP contribution is -1.96. The second kappa shape index (κ2) is 4.72. The number of pyridine rings is 1. The standard InChI is InChI=1S/C16H13NO2S/c1-20(18,19)14-8-6-12(7-9-14)16-11-17-10-13-4-2-3-5-15(13)16/h2-11H,1H3. The van der Waals surface area contributed by atoms with Gasteiger partial charge in [0, 0.05) is 29.6 Å². The summed E-state index contributed by atoms with van der Waals surface area (Å²) in [5, 5.41) is 2.17. The number of rotatable bonds is 2. The zero-order chi connectivity index (χ0) is 14.2. The van der Waals surface area contributed by atoms with Crippen molar-refractivity contribution in [1.29, 1.82) is 0 Å². The van der Waals surface area contributed by atoms with Gasteiger partial charge in [0.25, 0.3) is 0 Å². The molecule has 0 aliphatic heterocycles. The molecule has 20 heavy (non-hydrogen) atoms. The third kappa shape index (κ3) is 2.30. The quantitative estimate of drug-likeness (QED) is 0.725. The minimum absolute atomic E-state index is 0.328. The summed E-state index contributed by atoms with van der Waals surface area (Å²) in [7, 11) is -3.16. The first kappa shape index (κ1) is 12.8. The van der Waals surface area contributed by atoms with Gasteiger partial charge in [0.2, 0.25) is 0 Å². The van der Waals surface area contributed by atoms with Crippen LogP contribution in [-0.4, -0.2) is 19.7 Å². The van der Waals surface area contributed by atoms with Crippen molar-refractivity contribution in [3.63, 3.8) is 0 Å². The Kier molecular flexibility index (Phi) is 3.03. The van der Waals surface area contributed by atoms with Gasteiger partial charge in [0.15, 0.2) is 9.84 Å². The van der Waals surface area contributed by atoms with Crippen LogP contribution >= 0.6 is 0 Å². The molecule has 0 spiro atoms. The molecule has 0 amide bonds. The van der Waals surface area contributed by atoms with E-state index in [4.69, 9.17) is 0 Å². The summed E-state index contributed by atoms with van der Waals surface area (Å²) in [5.41, 5.74) is 1.96. The molecule has 2 aromatic carbocycles. The van der Waals surface area contributed by atoms with Crippen LogP contribution in [0, 0.1) is 0 Å². The molecule has 0 aliphatic carbocycles. The molecule has 1 aromatic heterocycles. The average molecular weight is 283 g/mol. The molecule has 100 valence electrons. The van der Waals surface area contributed by atoms with Gasteiger partial charge < -0.3 is 0 Å². The Morgan fingerprint density at radius 1 is 0.900 bits per heavy atom. The van der Waals surface area contributed by atoms with Crippen molar-refractivity contribution in [2.75, 3.05) is 6.26 Å². The maximum absolute atomic E-state index is 11.5. The molecular weight excluding hydrogens is 270 g/mol. The Hall–Kier alpha value is -2.20. The maximum atomic E-state index is 11.5. The molecule has 3 rings (SSSR count). The Labute approximate surface area is 117 Å². The lowest BCUT2D eigenvalue weighted by atomic mass is 10.0. The molecule has 0 aliphatic rings. The van der Waals surface area contributed by atoms with Crippen LogP contribution in [0.1, 0.15) is 0 Å². The summed E-state index contributed by atoms with van der Waals surface area (Å²) in [5.74, 6) is 0. The molecule has 0 bridgehead atoms. The van der Waals surface area contributed by atoms with Crippen LogP contribution < -0.4 is 0 Å². The Bertz CT molecular complexity index is 863. The van der Waals surface area contributed by atoms with Crippen LogP contribution in [0.25, 0.3) is 21.9 Å². The number of aromatic nitrogens is 1. The number of sulfone groups is 1. The van der Waals surface area contributed by atoms with Gasteiger partial charge in [-0.15, -0.1) is 0 Å². The largest absolute Gasteiger partial charge is 0.263 e. The summed E-state index contributed by atoms with van der Waals surface area (Å²) in [4.78, 5) is 4.57. The zero-order valence-corrected chi connectivity index (χ0v) is 11.8. The van der Waals surface area contributed by atoms with Gasteiger partial charge in [-0.05, 0) is 23.1 Å². The van der Waals surface area contributed by atoms with Gasteiger partial charge in [0.05, 0.1) is 4.90 Å². The Morgan fingerprint density at radius 2 is 1.60 bits per heavy atom. The highest BCUT2D eigenvalue weighted by Crippen LogP contribution is 2.28. The molecule has 0 saturated carbocycles. The predicted octanol–water partition coefficient (Wildman–Crippen LogP) is 3.31. The molecular formula is C16H13NO2S. The average Bonchev–Trinajstić information content (AvgIpc) is 2.46. The summed E-state index contributed by atoms with van der Waals surface area (Å²) in [6.45, 7) is 0. The summed E-state index contributed by atoms with van der Waals surface area (Å²) in [6.07, 6.45) is 4.84. The maximum Gasteiger partial charge on any atom is 0.175 e. The minimum atomic E-state index is -3.16. The molecule has 0 N–H and O–H groups in total. The fourth-order valence-electron chi connectivity index (χ4n) is 2.23. The first-order valence-electron chi connectivity index (χ1n) is 6.19. The third-order valence-electron chi connectivity index (χ3n) is 3.26. The van der Waals surface area contributed by atoms with E-state index in [0.717, 1.165) is 21.9 Å². The summed E-state index contributed by atoms with van der Waals surface area (Å²) in [6, 6.07) is 14.9. The molecule has 1 heterocycles. The fourth-order valence-corrected chi connectivity index (χ4v) is 2.86. The van der Waals surface area contributed by atoms with Crippen LogP contribution in [0.5, 0.6) is 0 Å². The number of fused-ring (bicyclic) bond motifs is 1. The van der Waals surface area contributed by atoms with Crippen LogP contribution in [0.2, 0.25) is 0 Å². The van der Waals surface area contributed by atoms with Crippen molar-refractivity contribution in [2.24, 2.45) is 0 Å². The molecule has 0 unspecified atom stereocenters. The van der Waals surface area contributed by atoms with Gasteiger partial charge in [-0.25, -0.2) is 8.42 Å². The van der Waals surface area contributed by atoms with Gasteiger partial charge >= 0.3 is 0 Å². The van der Waals surface area contributed by atoms with Gasteiger partial charge in [-0.1, -0.05) is 36.4 Å². The van der Waals surface area contributed by atoms with Crippen molar-refractivity contribution in [1.82, 2.24) is 4.98 Å². The van der Waals surface area contributed by atoms with Crippen LogP contribution in [0.4, 0.5) is 0 Å². The molecule has 0 saturated heterocycles. The zero-order valence-electron chi connectivity index (χ0n) is 10.9. The second-order valence-corrected chi connectivity index (χ2v) is 6.72. The highest BCUT2D eigenvalue weighted by atomic mass is 32.2. The first-order valence-corrected chi connectivity index (χ1v) is 8.08. The van der Waals surface area contributed by atoms with Crippen molar-refractivity contribution in [2.45, 2.75) is 4.90 Å². The normalized spacial score (nSPS) is 11.7. The molecule has 0 atom stereocenters. The smallest absolute Gasteiger partial charge is 0.175 e. The third-order valence-corrected chi connectivity index (χ3v) is 4.39. The van der Waals surface area contributed by atoms with Crippen LogP contribution in [0.15, 0.2) is 65.8 Å². The van der Waals surface area contributed by atoms with E-state index >= 15 is 0 Å². The van der Waals surface area contributed by atoms with E-state index in [-0.39, 0.29) is 0 Å². The number of hydrogen-bond acceptors (Lipinski definition) is 3. The van der Waals surface area contributed by atoms with Crippen molar-refractivity contribution in [3.8, 4) is 11.1 Å². The topological polar surface area (TPSA) is 47.0 Å². The molecule has 0 fully saturated rings.